The summed E-state index contributed by atoms with van der Waals surface area (Å²) in [4.78, 5) is 41.1. The lowest BCUT2D eigenvalue weighted by Gasteiger charge is -2.31. The number of carbonyl (C=O) groups is 1. The molecule has 9 heteroatoms. The van der Waals surface area contributed by atoms with Crippen molar-refractivity contribution in [1.29, 1.82) is 0 Å². The topological polar surface area (TPSA) is 94.5 Å². The molecule has 0 N–H and O–H groups in total. The first kappa shape index (κ1) is 16.2. The SMILES string of the molecule is CC(=O)[C@@H](C)N1N=C(C)[C@@H](C)n2c1nc1c2c(=O)n(C)c(=O)n1C. The van der Waals surface area contributed by atoms with Gasteiger partial charge in [0.15, 0.2) is 16.9 Å². The van der Waals surface area contributed by atoms with Crippen LogP contribution in [0.15, 0.2) is 14.7 Å². The molecule has 0 saturated heterocycles. The quantitative estimate of drug-likeness (QED) is 0.781. The van der Waals surface area contributed by atoms with Crippen LogP contribution < -0.4 is 16.3 Å². The molecule has 3 rings (SSSR count). The van der Waals surface area contributed by atoms with E-state index >= 15 is 0 Å². The van der Waals surface area contributed by atoms with E-state index in [9.17, 15) is 14.4 Å². The minimum absolute atomic E-state index is 0.0681. The Balaban J connectivity index is 2.45. The fraction of sp³-hybridized carbons (Fsp3) is 0.533. The van der Waals surface area contributed by atoms with E-state index in [-0.39, 0.29) is 17.5 Å². The van der Waals surface area contributed by atoms with Crippen LogP contribution in [0.25, 0.3) is 11.2 Å². The second kappa shape index (κ2) is 5.15. The molecule has 0 radical (unpaired) electrons. The lowest BCUT2D eigenvalue weighted by Crippen LogP contribution is -2.41. The van der Waals surface area contributed by atoms with Crippen LogP contribution in [-0.4, -0.2) is 36.2 Å². The molecule has 0 bridgehead atoms. The zero-order valence-corrected chi connectivity index (χ0v) is 14.6. The molecule has 9 nitrogen and oxygen atoms in total. The van der Waals surface area contributed by atoms with Gasteiger partial charge in [0, 0.05) is 14.1 Å². The third-order valence-corrected chi connectivity index (χ3v) is 4.69. The first-order chi connectivity index (χ1) is 11.2. The van der Waals surface area contributed by atoms with Gasteiger partial charge in [0.25, 0.3) is 5.56 Å². The monoisotopic (exact) mass is 332 g/mol. The van der Waals surface area contributed by atoms with Crippen LogP contribution in [0.2, 0.25) is 0 Å². The number of anilines is 1. The van der Waals surface area contributed by atoms with Crippen LogP contribution in [0, 0.1) is 0 Å². The lowest BCUT2D eigenvalue weighted by molar-refractivity contribution is -0.118. The van der Waals surface area contributed by atoms with Crippen LogP contribution in [0.3, 0.4) is 0 Å². The maximum atomic E-state index is 12.7. The predicted molar refractivity (Wildman–Crippen MR) is 90.7 cm³/mol. The number of imidazole rings is 1. The molecule has 0 aliphatic carbocycles. The predicted octanol–water partition coefficient (Wildman–Crippen LogP) is 0.168. The van der Waals surface area contributed by atoms with E-state index < -0.39 is 17.3 Å². The molecule has 0 unspecified atom stereocenters. The number of hydrogen-bond acceptors (Lipinski definition) is 6. The molecule has 2 atom stereocenters. The Morgan fingerprint density at radius 3 is 2.42 bits per heavy atom. The van der Waals surface area contributed by atoms with E-state index in [1.807, 2.05) is 13.8 Å². The molecule has 3 heterocycles. The highest BCUT2D eigenvalue weighted by Crippen LogP contribution is 2.31. The van der Waals surface area contributed by atoms with Gasteiger partial charge >= 0.3 is 5.69 Å². The van der Waals surface area contributed by atoms with E-state index in [1.165, 1.54) is 23.5 Å². The Hall–Kier alpha value is -2.71. The molecule has 1 aliphatic rings. The molecule has 0 saturated carbocycles. The number of aryl methyl sites for hydroxylation is 1. The molecular weight excluding hydrogens is 312 g/mol. The smallest absolute Gasteiger partial charge is 0.298 e. The third-order valence-electron chi connectivity index (χ3n) is 4.69. The fourth-order valence-electron chi connectivity index (χ4n) is 2.85. The van der Waals surface area contributed by atoms with Crippen LogP contribution in [0.1, 0.15) is 33.7 Å². The summed E-state index contributed by atoms with van der Waals surface area (Å²) < 4.78 is 4.14. The summed E-state index contributed by atoms with van der Waals surface area (Å²) in [6.45, 7) is 6.96. The number of hydrogen-bond donors (Lipinski definition) is 0. The molecule has 0 aromatic carbocycles. The summed E-state index contributed by atoms with van der Waals surface area (Å²) in [5.41, 5.74) is 0.516. The number of rotatable bonds is 2. The van der Waals surface area contributed by atoms with Crippen molar-refractivity contribution < 1.29 is 4.79 Å². The summed E-state index contributed by atoms with van der Waals surface area (Å²) in [7, 11) is 3.01. The largest absolute Gasteiger partial charge is 0.332 e. The zero-order valence-electron chi connectivity index (χ0n) is 14.6. The maximum Gasteiger partial charge on any atom is 0.332 e. The van der Waals surface area contributed by atoms with Gasteiger partial charge in [-0.15, -0.1) is 0 Å². The number of nitrogens with zero attached hydrogens (tertiary/aromatic N) is 6. The first-order valence-electron chi connectivity index (χ1n) is 7.69. The van der Waals surface area contributed by atoms with Crippen molar-refractivity contribution in [1.82, 2.24) is 18.7 Å². The van der Waals surface area contributed by atoms with E-state index in [1.54, 1.807) is 18.5 Å². The van der Waals surface area contributed by atoms with Gasteiger partial charge < -0.3 is 0 Å². The molecule has 2 aromatic heterocycles. The second-order valence-electron chi connectivity index (χ2n) is 6.21. The summed E-state index contributed by atoms with van der Waals surface area (Å²) >= 11 is 0. The van der Waals surface area contributed by atoms with Crippen molar-refractivity contribution in [3.63, 3.8) is 0 Å². The molecule has 128 valence electrons. The van der Waals surface area contributed by atoms with Crippen molar-refractivity contribution in [3.8, 4) is 0 Å². The highest BCUT2D eigenvalue weighted by Gasteiger charge is 2.33. The number of ketones is 1. The Morgan fingerprint density at radius 2 is 1.83 bits per heavy atom. The van der Waals surface area contributed by atoms with Gasteiger partial charge in [-0.2, -0.15) is 10.1 Å². The first-order valence-corrected chi connectivity index (χ1v) is 7.69. The van der Waals surface area contributed by atoms with E-state index in [0.29, 0.717) is 11.5 Å². The minimum atomic E-state index is -0.524. The number of aromatic nitrogens is 4. The van der Waals surface area contributed by atoms with Crippen molar-refractivity contribution >= 4 is 28.6 Å². The maximum absolute atomic E-state index is 12.7. The highest BCUT2D eigenvalue weighted by atomic mass is 16.2. The normalized spacial score (nSPS) is 18.5. The average molecular weight is 332 g/mol. The number of Topliss-reactive ketones (excluding diaryl/α,β-unsaturated/α-hetero) is 1. The van der Waals surface area contributed by atoms with Gasteiger partial charge in [-0.3, -0.25) is 23.3 Å². The second-order valence-corrected chi connectivity index (χ2v) is 6.21. The van der Waals surface area contributed by atoms with Crippen molar-refractivity contribution in [2.24, 2.45) is 19.2 Å². The Bertz CT molecular complexity index is 1010. The van der Waals surface area contributed by atoms with Gasteiger partial charge in [-0.05, 0) is 27.7 Å². The minimum Gasteiger partial charge on any atom is -0.298 e. The van der Waals surface area contributed by atoms with Crippen LogP contribution in [0.4, 0.5) is 5.95 Å². The molecule has 24 heavy (non-hydrogen) atoms. The van der Waals surface area contributed by atoms with Gasteiger partial charge in [0.1, 0.15) is 6.04 Å². The number of carbonyl (C=O) groups excluding carboxylic acids is 1. The summed E-state index contributed by atoms with van der Waals surface area (Å²) in [5, 5.41) is 5.99. The fourth-order valence-corrected chi connectivity index (χ4v) is 2.85. The van der Waals surface area contributed by atoms with Crippen molar-refractivity contribution in [3.05, 3.63) is 20.8 Å². The Kier molecular flexibility index (Phi) is 3.47. The molecule has 2 aromatic rings. The van der Waals surface area contributed by atoms with E-state index in [4.69, 9.17) is 0 Å². The Morgan fingerprint density at radius 1 is 1.21 bits per heavy atom. The van der Waals surface area contributed by atoms with Gasteiger partial charge in [-0.1, -0.05) is 0 Å². The molecule has 0 spiro atoms. The lowest BCUT2D eigenvalue weighted by atomic mass is 10.2. The molecule has 0 fully saturated rings. The summed E-state index contributed by atoms with van der Waals surface area (Å²) in [5.74, 6) is 0.325. The molecular formula is C15H20N6O3. The van der Waals surface area contributed by atoms with Crippen molar-refractivity contribution in [2.75, 3.05) is 5.01 Å². The van der Waals surface area contributed by atoms with Gasteiger partial charge in [0.2, 0.25) is 5.95 Å². The molecule has 1 aliphatic heterocycles. The van der Waals surface area contributed by atoms with Gasteiger partial charge in [0.05, 0.1) is 11.8 Å². The number of fused-ring (bicyclic) bond motifs is 3. The third kappa shape index (κ3) is 1.97. The van der Waals surface area contributed by atoms with Gasteiger partial charge in [-0.25, -0.2) is 9.80 Å². The van der Waals surface area contributed by atoms with Crippen LogP contribution >= 0.6 is 0 Å². The van der Waals surface area contributed by atoms with E-state index in [0.717, 1.165) is 10.3 Å². The van der Waals surface area contributed by atoms with Crippen molar-refractivity contribution in [2.45, 2.75) is 39.8 Å². The summed E-state index contributed by atoms with van der Waals surface area (Å²) in [6.07, 6.45) is 0. The highest BCUT2D eigenvalue weighted by molar-refractivity contribution is 5.93. The number of hydrazone groups is 1. The summed E-state index contributed by atoms with van der Waals surface area (Å²) in [6, 6.07) is -0.727. The standard InChI is InChI=1S/C15H20N6O3/c1-7-8(2)20-11-12(18(5)15(24)19(6)13(11)23)16-14(20)21(17-7)9(3)10(4)22/h8-9H,1-6H3/t8-,9-/m1/s1. The Labute approximate surface area is 137 Å². The van der Waals surface area contributed by atoms with E-state index in [2.05, 4.69) is 10.1 Å². The van der Waals surface area contributed by atoms with Crippen LogP contribution in [0.5, 0.6) is 0 Å². The zero-order chi connectivity index (χ0) is 17.9. The average Bonchev–Trinajstić information content (AvgIpc) is 2.94. The van der Waals surface area contributed by atoms with Crippen LogP contribution in [-0.2, 0) is 18.9 Å². The molecule has 0 amide bonds.